The van der Waals surface area contributed by atoms with Crippen molar-refractivity contribution in [1.82, 2.24) is 0 Å². The largest absolute Gasteiger partial charge is 0.573 e. The van der Waals surface area contributed by atoms with Crippen LogP contribution < -0.4 is 4.74 Å². The van der Waals surface area contributed by atoms with Crippen LogP contribution >= 0.6 is 0 Å². The average Bonchev–Trinajstić information content (AvgIpc) is 2.24. The lowest BCUT2D eigenvalue weighted by Gasteiger charge is -2.11. The van der Waals surface area contributed by atoms with E-state index in [0.29, 0.717) is 0 Å². The van der Waals surface area contributed by atoms with E-state index in [1.54, 1.807) is 0 Å². The molecule has 0 unspecified atom stereocenters. The third-order valence-corrected chi connectivity index (χ3v) is 2.37. The van der Waals surface area contributed by atoms with Gasteiger partial charge in [0, 0.05) is 0 Å². The van der Waals surface area contributed by atoms with Crippen LogP contribution in [-0.2, 0) is 6.18 Å². The van der Waals surface area contributed by atoms with Crippen LogP contribution in [-0.4, -0.2) is 6.36 Å². The lowest BCUT2D eigenvalue weighted by Crippen LogP contribution is -2.17. The van der Waals surface area contributed by atoms with Gasteiger partial charge in [0.25, 0.3) is 0 Å². The summed E-state index contributed by atoms with van der Waals surface area (Å²) in [5, 5.41) is 0.416. The predicted octanol–water partition coefficient (Wildman–Crippen LogP) is 4.76. The topological polar surface area (TPSA) is 9.23 Å². The average molecular weight is 280 g/mol. The fourth-order valence-electron chi connectivity index (χ4n) is 1.60. The fourth-order valence-corrected chi connectivity index (χ4v) is 1.60. The van der Waals surface area contributed by atoms with E-state index in [9.17, 15) is 26.3 Å². The first kappa shape index (κ1) is 13.5. The zero-order chi connectivity index (χ0) is 14.3. The van der Waals surface area contributed by atoms with Crippen molar-refractivity contribution >= 4 is 10.8 Å². The Morgan fingerprint density at radius 3 is 1.89 bits per heavy atom. The normalized spacial score (nSPS) is 12.7. The number of ether oxygens (including phenoxy) is 1. The molecule has 0 radical (unpaired) electrons. The number of hydrogen-bond acceptors (Lipinski definition) is 1. The monoisotopic (exact) mass is 280 g/mol. The lowest BCUT2D eigenvalue weighted by atomic mass is 10.1. The first-order valence-electron chi connectivity index (χ1n) is 5.02. The molecule has 1 nitrogen and oxygen atoms in total. The molecule has 0 aliphatic carbocycles. The summed E-state index contributed by atoms with van der Waals surface area (Å²) in [5.74, 6) is -0.472. The van der Waals surface area contributed by atoms with Gasteiger partial charge in [-0.2, -0.15) is 13.2 Å². The first-order chi connectivity index (χ1) is 8.65. The second-order valence-electron chi connectivity index (χ2n) is 3.77. The molecule has 0 saturated heterocycles. The highest BCUT2D eigenvalue weighted by molar-refractivity contribution is 5.84. The van der Waals surface area contributed by atoms with E-state index in [4.69, 9.17) is 0 Å². The Labute approximate surface area is 103 Å². The molecule has 0 heterocycles. The number of hydrogen-bond donors (Lipinski definition) is 0. The lowest BCUT2D eigenvalue weighted by molar-refractivity contribution is -0.274. The Morgan fingerprint density at radius 1 is 0.737 bits per heavy atom. The van der Waals surface area contributed by atoms with Crippen molar-refractivity contribution in [3.05, 3.63) is 42.0 Å². The van der Waals surface area contributed by atoms with Crippen molar-refractivity contribution in [2.24, 2.45) is 0 Å². The first-order valence-corrected chi connectivity index (χ1v) is 5.02. The maximum absolute atomic E-state index is 12.4. The molecular weight excluding hydrogens is 274 g/mol. The van der Waals surface area contributed by atoms with Crippen LogP contribution in [0.1, 0.15) is 5.56 Å². The maximum atomic E-state index is 12.4. The Morgan fingerprint density at radius 2 is 1.32 bits per heavy atom. The molecule has 2 aromatic rings. The molecule has 0 aliphatic heterocycles. The summed E-state index contributed by atoms with van der Waals surface area (Å²) in [5.41, 5.74) is -0.857. The molecule has 0 atom stereocenters. The third-order valence-electron chi connectivity index (χ3n) is 2.37. The van der Waals surface area contributed by atoms with Crippen LogP contribution in [0.25, 0.3) is 10.8 Å². The quantitative estimate of drug-likeness (QED) is 0.684. The molecule has 19 heavy (non-hydrogen) atoms. The summed E-state index contributed by atoms with van der Waals surface area (Å²) in [6, 6.07) is 5.92. The summed E-state index contributed by atoms with van der Waals surface area (Å²) >= 11 is 0. The van der Waals surface area contributed by atoms with Gasteiger partial charge in [-0.3, -0.25) is 0 Å². The summed E-state index contributed by atoms with van der Waals surface area (Å²) in [4.78, 5) is 0. The van der Waals surface area contributed by atoms with E-state index in [0.717, 1.165) is 36.4 Å². The van der Waals surface area contributed by atoms with Crippen molar-refractivity contribution in [3.63, 3.8) is 0 Å². The van der Waals surface area contributed by atoms with Crippen LogP contribution in [0.4, 0.5) is 26.3 Å². The molecule has 7 heteroatoms. The Balaban J connectivity index is 2.41. The Bertz CT molecular complexity index is 599. The second kappa shape index (κ2) is 4.32. The molecule has 0 aromatic heterocycles. The van der Waals surface area contributed by atoms with E-state index >= 15 is 0 Å². The van der Waals surface area contributed by atoms with Gasteiger partial charge in [-0.1, -0.05) is 12.1 Å². The van der Waals surface area contributed by atoms with Crippen molar-refractivity contribution in [1.29, 1.82) is 0 Å². The summed E-state index contributed by atoms with van der Waals surface area (Å²) < 4.78 is 77.0. The van der Waals surface area contributed by atoms with Gasteiger partial charge in [0.2, 0.25) is 0 Å². The SMILES string of the molecule is FC(F)(F)Oc1ccc2cc(C(F)(F)F)ccc2c1. The molecule has 0 amide bonds. The zero-order valence-corrected chi connectivity index (χ0v) is 9.14. The number of halogens is 6. The standard InChI is InChI=1S/C12H6F6O/c13-11(14,15)9-3-1-8-6-10(19-12(16,17)18)4-2-7(8)5-9/h1-6H. The highest BCUT2D eigenvalue weighted by Gasteiger charge is 2.32. The summed E-state index contributed by atoms with van der Waals surface area (Å²) in [7, 11) is 0. The molecule has 0 fully saturated rings. The van der Waals surface area contributed by atoms with Crippen LogP contribution in [0, 0.1) is 0 Å². The molecule has 102 valence electrons. The van der Waals surface area contributed by atoms with E-state index in [1.165, 1.54) is 0 Å². The number of fused-ring (bicyclic) bond motifs is 1. The highest BCUT2D eigenvalue weighted by Crippen LogP contribution is 2.33. The van der Waals surface area contributed by atoms with Crippen LogP contribution in [0.2, 0.25) is 0 Å². The minimum atomic E-state index is -4.83. The van der Waals surface area contributed by atoms with Crippen LogP contribution in [0.15, 0.2) is 36.4 Å². The van der Waals surface area contributed by atoms with Crippen molar-refractivity contribution in [3.8, 4) is 5.75 Å². The Hall–Kier alpha value is -1.92. The molecule has 0 bridgehead atoms. The number of alkyl halides is 6. The van der Waals surface area contributed by atoms with Gasteiger partial charge < -0.3 is 4.74 Å². The van der Waals surface area contributed by atoms with E-state index in [2.05, 4.69) is 4.74 Å². The van der Waals surface area contributed by atoms with Gasteiger partial charge >= 0.3 is 12.5 Å². The number of rotatable bonds is 1. The van der Waals surface area contributed by atoms with Crippen molar-refractivity contribution < 1.29 is 31.1 Å². The van der Waals surface area contributed by atoms with Crippen molar-refractivity contribution in [2.75, 3.05) is 0 Å². The van der Waals surface area contributed by atoms with E-state index in [1.807, 2.05) is 0 Å². The highest BCUT2D eigenvalue weighted by atomic mass is 19.4. The predicted molar refractivity (Wildman–Crippen MR) is 55.6 cm³/mol. The summed E-state index contributed by atoms with van der Waals surface area (Å²) in [6.07, 6.45) is -9.32. The van der Waals surface area contributed by atoms with Crippen LogP contribution in [0.5, 0.6) is 5.75 Å². The molecule has 0 aliphatic rings. The second-order valence-corrected chi connectivity index (χ2v) is 3.77. The smallest absolute Gasteiger partial charge is 0.406 e. The third kappa shape index (κ3) is 3.30. The minimum Gasteiger partial charge on any atom is -0.406 e. The molecule has 0 N–H and O–H groups in total. The van der Waals surface area contributed by atoms with E-state index < -0.39 is 23.9 Å². The fraction of sp³-hybridized carbons (Fsp3) is 0.167. The maximum Gasteiger partial charge on any atom is 0.573 e. The molecular formula is C12H6F6O. The van der Waals surface area contributed by atoms with E-state index in [-0.39, 0.29) is 10.8 Å². The van der Waals surface area contributed by atoms with Gasteiger partial charge in [-0.15, -0.1) is 13.2 Å². The van der Waals surface area contributed by atoms with Gasteiger partial charge in [0.1, 0.15) is 5.75 Å². The molecule has 0 spiro atoms. The van der Waals surface area contributed by atoms with Gasteiger partial charge in [0.15, 0.2) is 0 Å². The number of benzene rings is 2. The minimum absolute atomic E-state index is 0.185. The molecule has 2 rings (SSSR count). The van der Waals surface area contributed by atoms with Gasteiger partial charge in [0.05, 0.1) is 5.56 Å². The molecule has 2 aromatic carbocycles. The Kier molecular flexibility index (Phi) is 3.07. The van der Waals surface area contributed by atoms with Gasteiger partial charge in [-0.25, -0.2) is 0 Å². The van der Waals surface area contributed by atoms with Crippen molar-refractivity contribution in [2.45, 2.75) is 12.5 Å². The molecule has 0 saturated carbocycles. The van der Waals surface area contributed by atoms with Gasteiger partial charge in [-0.05, 0) is 35.0 Å². The van der Waals surface area contributed by atoms with Crippen LogP contribution in [0.3, 0.4) is 0 Å². The zero-order valence-electron chi connectivity index (χ0n) is 9.14. The summed E-state index contributed by atoms with van der Waals surface area (Å²) in [6.45, 7) is 0.